The maximum Gasteiger partial charge on any atom is 0.338 e. The van der Waals surface area contributed by atoms with Crippen LogP contribution in [-0.2, 0) is 14.3 Å². The maximum absolute atomic E-state index is 14.1. The quantitative estimate of drug-likeness (QED) is 0.358. The van der Waals surface area contributed by atoms with Gasteiger partial charge in [-0.25, -0.2) is 9.79 Å². The number of anilines is 1. The molecule has 3 heterocycles. The number of para-hydroxylation sites is 1. The second-order valence-corrected chi connectivity index (χ2v) is 9.58. The van der Waals surface area contributed by atoms with E-state index >= 15 is 0 Å². The molecule has 0 aliphatic carbocycles. The zero-order valence-electron chi connectivity index (χ0n) is 21.3. The van der Waals surface area contributed by atoms with Crippen molar-refractivity contribution in [2.75, 3.05) is 32.8 Å². The number of amides is 1. The minimum atomic E-state index is -0.858. The summed E-state index contributed by atoms with van der Waals surface area (Å²) in [6, 6.07) is 11.7. The van der Waals surface area contributed by atoms with E-state index in [1.54, 1.807) is 36.1 Å². The molecule has 0 N–H and O–H groups in total. The normalized spacial score (nSPS) is 17.5. The monoisotopic (exact) mass is 531 g/mol. The summed E-state index contributed by atoms with van der Waals surface area (Å²) in [5.41, 5.74) is 2.48. The number of aromatic nitrogens is 1. The first-order valence-corrected chi connectivity index (χ1v) is 12.5. The van der Waals surface area contributed by atoms with Gasteiger partial charge in [-0.2, -0.15) is 0 Å². The molecule has 194 valence electrons. The van der Waals surface area contributed by atoms with Crippen LogP contribution in [0.1, 0.15) is 24.1 Å². The number of rotatable bonds is 6. The summed E-state index contributed by atoms with van der Waals surface area (Å²) in [5.74, 6) is 0.0433. The van der Waals surface area contributed by atoms with Gasteiger partial charge in [0.25, 0.3) is 11.5 Å². The van der Waals surface area contributed by atoms with Gasteiger partial charge in [0.05, 0.1) is 49.9 Å². The zero-order chi connectivity index (χ0) is 27.1. The van der Waals surface area contributed by atoms with Gasteiger partial charge in [0.1, 0.15) is 4.53 Å². The van der Waals surface area contributed by atoms with Crippen molar-refractivity contribution in [2.45, 2.75) is 13.0 Å². The highest BCUT2D eigenvalue weighted by molar-refractivity contribution is 7.07. The Labute approximate surface area is 222 Å². The molecule has 0 saturated carbocycles. The van der Waals surface area contributed by atoms with Gasteiger partial charge in [-0.1, -0.05) is 41.7 Å². The second kappa shape index (κ2) is 9.79. The number of hydrogen-bond donors (Lipinski definition) is 0. The van der Waals surface area contributed by atoms with Crippen LogP contribution in [0.5, 0.6) is 11.5 Å². The molecule has 1 atom stereocenters. The highest BCUT2D eigenvalue weighted by atomic mass is 32.1. The number of benzene rings is 2. The van der Waals surface area contributed by atoms with E-state index in [1.807, 2.05) is 24.3 Å². The largest absolute Gasteiger partial charge is 0.493 e. The first kappa shape index (κ1) is 25.2. The first-order valence-electron chi connectivity index (χ1n) is 11.7. The number of carbonyl (C=O) groups is 2. The first-order chi connectivity index (χ1) is 18.4. The minimum Gasteiger partial charge on any atom is -0.493 e. The standard InChI is InChI=1S/C28H25N3O6S/c1-6-13-30-18-10-8-7-9-17(18)22(25(30)32)24-26(33)31-23(16-11-12-19(35-3)20(14-16)36-4)21(27(34)37-5)15(2)29-28(31)38-24/h6-12,14,23H,1,13H2,2-5H3/b24-22-/t23-/m1/s1. The van der Waals surface area contributed by atoms with Gasteiger partial charge in [-0.05, 0) is 30.7 Å². The highest BCUT2D eigenvalue weighted by Crippen LogP contribution is 2.37. The van der Waals surface area contributed by atoms with Gasteiger partial charge >= 0.3 is 5.97 Å². The molecule has 0 unspecified atom stereocenters. The Morgan fingerprint density at radius 2 is 1.84 bits per heavy atom. The smallest absolute Gasteiger partial charge is 0.338 e. The number of methoxy groups -OCH3 is 3. The summed E-state index contributed by atoms with van der Waals surface area (Å²) in [4.78, 5) is 47.2. The van der Waals surface area contributed by atoms with Crippen molar-refractivity contribution in [2.24, 2.45) is 4.99 Å². The average molecular weight is 532 g/mol. The molecule has 1 aromatic heterocycles. The molecule has 0 spiro atoms. The van der Waals surface area contributed by atoms with Gasteiger partial charge < -0.3 is 19.1 Å². The molecule has 0 bridgehead atoms. The molecule has 2 aromatic carbocycles. The molecule has 5 rings (SSSR count). The molecule has 0 saturated heterocycles. The van der Waals surface area contributed by atoms with Gasteiger partial charge in [-0.15, -0.1) is 6.58 Å². The van der Waals surface area contributed by atoms with Crippen LogP contribution in [0.15, 0.2) is 76.2 Å². The van der Waals surface area contributed by atoms with Crippen LogP contribution in [0, 0.1) is 0 Å². The number of ether oxygens (including phenoxy) is 3. The van der Waals surface area contributed by atoms with E-state index in [2.05, 4.69) is 11.6 Å². The SMILES string of the molecule is C=CCN1C(=O)/C(=c2\sc3n(c2=O)[C@H](c2ccc(OC)c(OC)c2)C(C(=O)OC)=C(C)N=3)c2ccccc21. The molecule has 0 fully saturated rings. The van der Waals surface area contributed by atoms with E-state index in [0.29, 0.717) is 50.9 Å². The maximum atomic E-state index is 14.1. The molecular weight excluding hydrogens is 506 g/mol. The number of carbonyl (C=O) groups excluding carboxylic acids is 2. The molecule has 38 heavy (non-hydrogen) atoms. The average Bonchev–Trinajstić information content (AvgIpc) is 3.39. The summed E-state index contributed by atoms with van der Waals surface area (Å²) < 4.78 is 17.6. The van der Waals surface area contributed by atoms with Crippen molar-refractivity contribution >= 4 is 34.5 Å². The summed E-state index contributed by atoms with van der Waals surface area (Å²) in [6.45, 7) is 5.76. The van der Waals surface area contributed by atoms with Crippen molar-refractivity contribution in [3.8, 4) is 11.5 Å². The molecular formula is C28H25N3O6S. The lowest BCUT2D eigenvalue weighted by Crippen LogP contribution is -2.40. The van der Waals surface area contributed by atoms with E-state index in [1.165, 1.54) is 25.9 Å². The van der Waals surface area contributed by atoms with E-state index in [4.69, 9.17) is 14.2 Å². The van der Waals surface area contributed by atoms with E-state index < -0.39 is 17.6 Å². The zero-order valence-corrected chi connectivity index (χ0v) is 22.1. The lowest BCUT2D eigenvalue weighted by Gasteiger charge is -2.25. The fourth-order valence-electron chi connectivity index (χ4n) is 4.89. The fourth-order valence-corrected chi connectivity index (χ4v) is 6.03. The third-order valence-electron chi connectivity index (χ3n) is 6.59. The van der Waals surface area contributed by atoms with Crippen LogP contribution in [0.3, 0.4) is 0 Å². The van der Waals surface area contributed by atoms with Crippen molar-refractivity contribution in [1.82, 2.24) is 4.57 Å². The number of hydrogen-bond acceptors (Lipinski definition) is 8. The highest BCUT2D eigenvalue weighted by Gasteiger charge is 2.37. The van der Waals surface area contributed by atoms with E-state index in [9.17, 15) is 14.4 Å². The molecule has 1 amide bonds. The van der Waals surface area contributed by atoms with Gasteiger partial charge in [-0.3, -0.25) is 14.2 Å². The van der Waals surface area contributed by atoms with Crippen molar-refractivity contribution in [3.63, 3.8) is 0 Å². The van der Waals surface area contributed by atoms with Gasteiger partial charge in [0.15, 0.2) is 16.3 Å². The summed E-state index contributed by atoms with van der Waals surface area (Å²) >= 11 is 1.12. The molecule has 3 aromatic rings. The minimum absolute atomic E-state index is 0.218. The van der Waals surface area contributed by atoms with Crippen molar-refractivity contribution in [3.05, 3.63) is 97.2 Å². The Balaban J connectivity index is 1.83. The summed E-state index contributed by atoms with van der Waals surface area (Å²) in [7, 11) is 4.32. The van der Waals surface area contributed by atoms with Crippen LogP contribution < -0.4 is 29.3 Å². The summed E-state index contributed by atoms with van der Waals surface area (Å²) in [5, 5.41) is 0. The van der Waals surface area contributed by atoms with Crippen LogP contribution in [0.4, 0.5) is 5.69 Å². The van der Waals surface area contributed by atoms with Gasteiger partial charge in [0, 0.05) is 12.1 Å². The number of nitrogens with zero attached hydrogens (tertiary/aromatic N) is 3. The Morgan fingerprint density at radius 3 is 2.53 bits per heavy atom. The lowest BCUT2D eigenvalue weighted by atomic mass is 9.95. The Morgan fingerprint density at radius 1 is 1.11 bits per heavy atom. The van der Waals surface area contributed by atoms with Crippen molar-refractivity contribution in [1.29, 1.82) is 0 Å². The Kier molecular flexibility index (Phi) is 6.50. The predicted molar refractivity (Wildman–Crippen MR) is 143 cm³/mol. The van der Waals surface area contributed by atoms with Crippen LogP contribution in [-0.4, -0.2) is 44.3 Å². The Hall–Kier alpha value is -4.44. The topological polar surface area (TPSA) is 99.4 Å². The molecule has 2 aliphatic rings. The van der Waals surface area contributed by atoms with Crippen LogP contribution in [0.2, 0.25) is 0 Å². The molecule has 0 radical (unpaired) electrons. The van der Waals surface area contributed by atoms with Crippen molar-refractivity contribution < 1.29 is 23.8 Å². The molecule has 2 aliphatic heterocycles. The lowest BCUT2D eigenvalue weighted by molar-refractivity contribution is -0.136. The molecule has 10 heteroatoms. The van der Waals surface area contributed by atoms with E-state index in [-0.39, 0.29) is 16.0 Å². The number of allylic oxidation sites excluding steroid dienone is 1. The molecule has 9 nitrogen and oxygen atoms in total. The fraction of sp³-hybridized carbons (Fsp3) is 0.214. The van der Waals surface area contributed by atoms with Crippen LogP contribution >= 0.6 is 11.3 Å². The number of esters is 1. The van der Waals surface area contributed by atoms with Gasteiger partial charge in [0.2, 0.25) is 0 Å². The summed E-state index contributed by atoms with van der Waals surface area (Å²) in [6.07, 6.45) is 1.64. The predicted octanol–water partition coefficient (Wildman–Crippen LogP) is 2.33. The number of thiazole rings is 1. The Bertz CT molecular complexity index is 1710. The van der Waals surface area contributed by atoms with Crippen LogP contribution in [0.25, 0.3) is 5.57 Å². The number of fused-ring (bicyclic) bond motifs is 2. The third-order valence-corrected chi connectivity index (χ3v) is 7.64. The second-order valence-electron chi connectivity index (χ2n) is 8.60. The van der Waals surface area contributed by atoms with E-state index in [0.717, 1.165) is 11.3 Å². The third kappa shape index (κ3) is 3.76.